The van der Waals surface area contributed by atoms with Gasteiger partial charge in [-0.3, -0.25) is 0 Å². The van der Waals surface area contributed by atoms with E-state index in [2.05, 4.69) is 15.2 Å². The van der Waals surface area contributed by atoms with Crippen LogP contribution < -0.4 is 0 Å². The zero-order valence-corrected chi connectivity index (χ0v) is 8.07. The molecule has 0 heterocycles. The number of rotatable bonds is 4. The molecule has 5 heteroatoms. The van der Waals surface area contributed by atoms with Gasteiger partial charge in [-0.25, -0.2) is 9.59 Å². The zero-order chi connectivity index (χ0) is 11.0. The molecule has 0 radical (unpaired) electrons. The number of hydrogen-bond acceptors (Lipinski definition) is 4. The summed E-state index contributed by atoms with van der Waals surface area (Å²) in [4.78, 5) is 20.9. The molecule has 0 rings (SSSR count). The van der Waals surface area contributed by atoms with E-state index in [1.54, 1.807) is 19.9 Å². The van der Waals surface area contributed by atoms with E-state index in [4.69, 9.17) is 5.11 Å². The molecule has 0 aromatic carbocycles. The van der Waals surface area contributed by atoms with Crippen LogP contribution in [0, 0.1) is 0 Å². The quantitative estimate of drug-likeness (QED) is 0.321. The number of carboxylic acid groups (broad SMARTS) is 1. The predicted molar refractivity (Wildman–Crippen MR) is 47.9 cm³/mol. The fourth-order valence-electron chi connectivity index (χ4n) is 0.647. The Kier molecular flexibility index (Phi) is 5.90. The Morgan fingerprint density at radius 2 is 1.93 bits per heavy atom. The van der Waals surface area contributed by atoms with Crippen molar-refractivity contribution in [2.24, 2.45) is 0 Å². The summed E-state index contributed by atoms with van der Waals surface area (Å²) in [6.07, 6.45) is 0.200. The van der Waals surface area contributed by atoms with Crippen molar-refractivity contribution in [3.8, 4) is 0 Å². The summed E-state index contributed by atoms with van der Waals surface area (Å²) in [7, 11) is 0. The normalized spacial score (nSPS) is 8.43. The summed E-state index contributed by atoms with van der Waals surface area (Å²) >= 11 is 0. The average molecular weight is 200 g/mol. The van der Waals surface area contributed by atoms with Gasteiger partial charge in [-0.15, -0.1) is 5.73 Å². The van der Waals surface area contributed by atoms with Crippen molar-refractivity contribution in [1.29, 1.82) is 0 Å². The molecular weight excluding hydrogens is 188 g/mol. The second-order valence-electron chi connectivity index (χ2n) is 2.31. The van der Waals surface area contributed by atoms with Crippen molar-refractivity contribution < 1.29 is 24.2 Å². The number of carbonyl (C=O) groups excluding carboxylic acids is 1. The van der Waals surface area contributed by atoms with E-state index in [0.29, 0.717) is 5.57 Å². The van der Waals surface area contributed by atoms with Crippen molar-refractivity contribution in [1.82, 2.24) is 0 Å². The van der Waals surface area contributed by atoms with Gasteiger partial charge in [0.1, 0.15) is 13.2 Å². The second kappa shape index (κ2) is 6.74. The Labute approximate surface area is 81.6 Å². The monoisotopic (exact) mass is 200 g/mol. The van der Waals surface area contributed by atoms with Crippen LogP contribution in [0.2, 0.25) is 0 Å². The molecule has 0 unspecified atom stereocenters. The SMILES string of the molecule is CC=C=C(C)C(=O)OCCOC(=O)O. The van der Waals surface area contributed by atoms with Gasteiger partial charge in [0.2, 0.25) is 0 Å². The standard InChI is InChI=1S/C9H12O5/c1-3-4-7(2)8(10)13-5-6-14-9(11)12/h3H,5-6H2,1-2H3,(H,11,12). The lowest BCUT2D eigenvalue weighted by atomic mass is 10.3. The van der Waals surface area contributed by atoms with Crippen molar-refractivity contribution in [2.45, 2.75) is 13.8 Å². The van der Waals surface area contributed by atoms with E-state index in [1.165, 1.54) is 0 Å². The highest BCUT2D eigenvalue weighted by Crippen LogP contribution is 1.93. The van der Waals surface area contributed by atoms with Gasteiger partial charge in [0.25, 0.3) is 0 Å². The molecular formula is C9H12O5. The Morgan fingerprint density at radius 1 is 1.36 bits per heavy atom. The van der Waals surface area contributed by atoms with Crippen molar-refractivity contribution in [3.63, 3.8) is 0 Å². The molecule has 0 atom stereocenters. The van der Waals surface area contributed by atoms with E-state index in [1.807, 2.05) is 0 Å². The van der Waals surface area contributed by atoms with Gasteiger partial charge in [-0.2, -0.15) is 0 Å². The molecule has 0 spiro atoms. The summed E-state index contributed by atoms with van der Waals surface area (Å²) in [5, 5.41) is 8.09. The van der Waals surface area contributed by atoms with Gasteiger partial charge in [0.05, 0.1) is 5.57 Å². The largest absolute Gasteiger partial charge is 0.505 e. The van der Waals surface area contributed by atoms with Gasteiger partial charge in [-0.1, -0.05) is 0 Å². The fourth-order valence-corrected chi connectivity index (χ4v) is 0.647. The second-order valence-corrected chi connectivity index (χ2v) is 2.31. The molecule has 0 fully saturated rings. The molecule has 5 nitrogen and oxygen atoms in total. The minimum atomic E-state index is -1.39. The smallest absolute Gasteiger partial charge is 0.458 e. The first-order valence-corrected chi connectivity index (χ1v) is 3.98. The van der Waals surface area contributed by atoms with Gasteiger partial charge in [0, 0.05) is 0 Å². The maximum absolute atomic E-state index is 11.0. The fraction of sp³-hybridized carbons (Fsp3) is 0.444. The zero-order valence-electron chi connectivity index (χ0n) is 8.07. The van der Waals surface area contributed by atoms with Crippen LogP contribution in [0.1, 0.15) is 13.8 Å². The summed E-state index contributed by atoms with van der Waals surface area (Å²) < 4.78 is 8.79. The Balaban J connectivity index is 3.76. The average Bonchev–Trinajstić information content (AvgIpc) is 2.12. The maximum atomic E-state index is 11.0. The Hall–Kier alpha value is -1.74. The molecule has 0 aliphatic heterocycles. The molecule has 1 N–H and O–H groups in total. The van der Waals surface area contributed by atoms with E-state index in [-0.39, 0.29) is 13.2 Å². The lowest BCUT2D eigenvalue weighted by Gasteiger charge is -2.02. The van der Waals surface area contributed by atoms with Gasteiger partial charge >= 0.3 is 12.1 Å². The minimum Gasteiger partial charge on any atom is -0.458 e. The van der Waals surface area contributed by atoms with Crippen LogP contribution in [0.15, 0.2) is 17.4 Å². The van der Waals surface area contributed by atoms with Crippen molar-refractivity contribution in [3.05, 3.63) is 17.4 Å². The van der Waals surface area contributed by atoms with E-state index in [9.17, 15) is 9.59 Å². The first-order chi connectivity index (χ1) is 6.57. The van der Waals surface area contributed by atoms with E-state index in [0.717, 1.165) is 0 Å². The lowest BCUT2D eigenvalue weighted by molar-refractivity contribution is -0.140. The summed E-state index contributed by atoms with van der Waals surface area (Å²) in [5.41, 5.74) is 2.99. The van der Waals surface area contributed by atoms with Gasteiger partial charge < -0.3 is 14.6 Å². The number of carbonyl (C=O) groups is 2. The maximum Gasteiger partial charge on any atom is 0.505 e. The molecule has 14 heavy (non-hydrogen) atoms. The van der Waals surface area contributed by atoms with Crippen LogP contribution in [0.25, 0.3) is 0 Å². The highest BCUT2D eigenvalue weighted by Gasteiger charge is 2.04. The minimum absolute atomic E-state index is 0.0894. The van der Waals surface area contributed by atoms with E-state index >= 15 is 0 Å². The molecule has 0 saturated carbocycles. The van der Waals surface area contributed by atoms with Crippen LogP contribution in [0.5, 0.6) is 0 Å². The van der Waals surface area contributed by atoms with Crippen LogP contribution >= 0.6 is 0 Å². The van der Waals surface area contributed by atoms with Crippen LogP contribution in [0.3, 0.4) is 0 Å². The predicted octanol–water partition coefficient (Wildman–Crippen LogP) is 1.35. The van der Waals surface area contributed by atoms with Crippen LogP contribution in [0.4, 0.5) is 4.79 Å². The summed E-state index contributed by atoms with van der Waals surface area (Å²) in [6, 6.07) is 0. The molecule has 0 aliphatic carbocycles. The lowest BCUT2D eigenvalue weighted by Crippen LogP contribution is -2.12. The topological polar surface area (TPSA) is 72.8 Å². The molecule has 0 bridgehead atoms. The highest BCUT2D eigenvalue weighted by atomic mass is 16.7. The van der Waals surface area contributed by atoms with Crippen molar-refractivity contribution >= 4 is 12.1 Å². The molecule has 0 aromatic heterocycles. The van der Waals surface area contributed by atoms with Gasteiger partial charge in [0.15, 0.2) is 0 Å². The molecule has 0 aliphatic rings. The Morgan fingerprint density at radius 3 is 2.43 bits per heavy atom. The third-order valence-corrected chi connectivity index (χ3v) is 1.21. The van der Waals surface area contributed by atoms with Crippen LogP contribution in [-0.2, 0) is 14.3 Å². The highest BCUT2D eigenvalue weighted by molar-refractivity contribution is 5.87. The van der Waals surface area contributed by atoms with Gasteiger partial charge in [-0.05, 0) is 19.9 Å². The van der Waals surface area contributed by atoms with E-state index < -0.39 is 12.1 Å². The number of esters is 1. The first-order valence-electron chi connectivity index (χ1n) is 3.98. The molecule has 0 amide bonds. The summed E-state index contributed by atoms with van der Waals surface area (Å²) in [5.74, 6) is -0.530. The third kappa shape index (κ3) is 5.85. The third-order valence-electron chi connectivity index (χ3n) is 1.21. The van der Waals surface area contributed by atoms with Crippen LogP contribution in [-0.4, -0.2) is 30.4 Å². The summed E-state index contributed by atoms with van der Waals surface area (Å²) in [6.45, 7) is 3.03. The molecule has 78 valence electrons. The molecule has 0 aromatic rings. The number of ether oxygens (including phenoxy) is 2. The van der Waals surface area contributed by atoms with Crippen molar-refractivity contribution in [2.75, 3.05) is 13.2 Å². The Bertz CT molecular complexity index is 273. The molecule has 0 saturated heterocycles. The first kappa shape index (κ1) is 12.3. The number of hydrogen-bond donors (Lipinski definition) is 1.